The molecular weight excluding hydrogens is 727 g/mol. The van der Waals surface area contributed by atoms with E-state index in [-0.39, 0.29) is 31.7 Å². The van der Waals surface area contributed by atoms with Crippen LogP contribution in [0.15, 0.2) is 91.1 Å². The maximum Gasteiger partial charge on any atom is 0.246 e. The molecule has 0 saturated carbocycles. The maximum absolute atomic E-state index is 14.5. The Hall–Kier alpha value is -6.02. The highest BCUT2D eigenvalue weighted by atomic mass is 16.3. The molecule has 57 heavy (non-hydrogen) atoms. The Morgan fingerprint density at radius 2 is 1.12 bits per heavy atom. The van der Waals surface area contributed by atoms with Crippen molar-refractivity contribution in [1.29, 1.82) is 0 Å². The minimum Gasteiger partial charge on any atom is -0.391 e. The summed E-state index contributed by atoms with van der Waals surface area (Å²) in [6.07, 6.45) is 2.39. The van der Waals surface area contributed by atoms with Crippen LogP contribution in [0.4, 0.5) is 0 Å². The molecule has 1 aromatic heterocycles. The number of nitrogens with one attached hydrogen (secondary N) is 5. The predicted molar refractivity (Wildman–Crippen MR) is 211 cm³/mol. The molecule has 0 aliphatic carbocycles. The van der Waals surface area contributed by atoms with Crippen molar-refractivity contribution in [1.82, 2.24) is 36.1 Å². The van der Waals surface area contributed by atoms with Crippen LogP contribution < -0.4 is 21.3 Å². The number of aliphatic hydroxyl groups is 1. The normalized spacial score (nSPS) is 25.8. The third-order valence-corrected chi connectivity index (χ3v) is 11.3. The lowest BCUT2D eigenvalue weighted by Gasteiger charge is -2.34. The number of aromatic nitrogens is 1. The van der Waals surface area contributed by atoms with Gasteiger partial charge in [0.1, 0.15) is 36.3 Å². The Kier molecular flexibility index (Phi) is 12.0. The topological polar surface area (TPSA) is 193 Å². The number of amides is 6. The summed E-state index contributed by atoms with van der Waals surface area (Å²) in [6.45, 7) is 1.92. The van der Waals surface area contributed by atoms with E-state index in [4.69, 9.17) is 0 Å². The van der Waals surface area contributed by atoms with Gasteiger partial charge in [-0.15, -0.1) is 0 Å². The molecule has 14 nitrogen and oxygen atoms in total. The van der Waals surface area contributed by atoms with E-state index in [0.29, 0.717) is 37.8 Å². The number of hydrogen-bond acceptors (Lipinski definition) is 7. The minimum absolute atomic E-state index is 0.0245. The Labute approximate surface area is 330 Å². The first-order valence-corrected chi connectivity index (χ1v) is 19.7. The Morgan fingerprint density at radius 3 is 1.79 bits per heavy atom. The van der Waals surface area contributed by atoms with Crippen LogP contribution in [0, 0.1) is 0 Å². The van der Waals surface area contributed by atoms with Crippen molar-refractivity contribution in [2.24, 2.45) is 0 Å². The second kappa shape index (κ2) is 17.4. The first-order valence-electron chi connectivity index (χ1n) is 19.7. The molecule has 0 unspecified atom stereocenters. The number of aromatic amines is 1. The highest BCUT2D eigenvalue weighted by Crippen LogP contribution is 2.27. The van der Waals surface area contributed by atoms with E-state index in [9.17, 15) is 33.9 Å². The molecule has 6 amide bonds. The molecule has 0 spiro atoms. The minimum atomic E-state index is -1.51. The van der Waals surface area contributed by atoms with E-state index in [1.165, 1.54) is 16.7 Å². The van der Waals surface area contributed by atoms with Gasteiger partial charge in [-0.05, 0) is 55.4 Å². The van der Waals surface area contributed by atoms with Crippen molar-refractivity contribution in [3.8, 4) is 0 Å². The molecule has 3 aliphatic heterocycles. The largest absolute Gasteiger partial charge is 0.391 e. The van der Waals surface area contributed by atoms with E-state index in [1.54, 1.807) is 30.5 Å². The number of H-pyrrole nitrogens is 1. The summed E-state index contributed by atoms with van der Waals surface area (Å²) in [5.74, 6) is -3.54. The zero-order valence-corrected chi connectivity index (χ0v) is 31.9. The summed E-state index contributed by atoms with van der Waals surface area (Å²) >= 11 is 0. The number of para-hydroxylation sites is 1. The van der Waals surface area contributed by atoms with Crippen LogP contribution >= 0.6 is 0 Å². The summed E-state index contributed by atoms with van der Waals surface area (Å²) in [7, 11) is 0. The molecule has 298 valence electrons. The van der Waals surface area contributed by atoms with Crippen LogP contribution in [0.1, 0.15) is 49.3 Å². The van der Waals surface area contributed by atoms with Crippen LogP contribution in [0.3, 0.4) is 0 Å². The van der Waals surface area contributed by atoms with Crippen molar-refractivity contribution in [2.75, 3.05) is 13.1 Å². The molecule has 3 saturated heterocycles. The standard InChI is InChI=1S/C43H49N7O7/c1-26(51)37-41(55)47-34(23-28-14-6-3-7-15-28)42(56)50-21-11-19-36(50)43(57)49-20-10-18-35(49)40(54)46-33(24-29-25-44-31-17-9-8-16-30(29)31)38(52)45-32(39(53)48-37)22-27-12-4-2-5-13-27/h2-9,12-17,25-26,32-37,44,51H,10-11,18-24H2,1H3,(H,45,52)(H,46,54)(H,47,55)(H,48,53)/t26-,32+,33-,34+,35-,36+,37+/m1/s1. The van der Waals surface area contributed by atoms with Gasteiger partial charge in [0.15, 0.2) is 0 Å². The molecule has 4 aromatic rings. The SMILES string of the molecule is C[C@@H](O)[C@@H]1NC(=O)[C@H](Cc2ccccc2)NC(=O)[C@@H](Cc2c[nH]c3ccccc23)NC(=O)[C@H]2CCCN2C(=O)[C@@H]2CCCN2C(=O)[C@H](Cc2ccccc2)NC1=O. The lowest BCUT2D eigenvalue weighted by Crippen LogP contribution is -2.63. The molecule has 7 rings (SSSR count). The monoisotopic (exact) mass is 775 g/mol. The van der Waals surface area contributed by atoms with Crippen molar-refractivity contribution in [2.45, 2.75) is 94.2 Å². The number of nitrogens with zero attached hydrogens (tertiary/aromatic N) is 2. The second-order valence-corrected chi connectivity index (χ2v) is 15.2. The van der Waals surface area contributed by atoms with Gasteiger partial charge in [-0.25, -0.2) is 0 Å². The maximum atomic E-state index is 14.5. The summed E-state index contributed by atoms with van der Waals surface area (Å²) < 4.78 is 0. The first kappa shape index (κ1) is 39.2. The van der Waals surface area contributed by atoms with Crippen LogP contribution in [-0.2, 0) is 48.0 Å². The molecule has 14 heteroatoms. The lowest BCUT2D eigenvalue weighted by atomic mass is 10.0. The number of hydrogen-bond donors (Lipinski definition) is 6. The van der Waals surface area contributed by atoms with Crippen molar-refractivity contribution < 1.29 is 33.9 Å². The van der Waals surface area contributed by atoms with E-state index >= 15 is 0 Å². The van der Waals surface area contributed by atoms with Crippen LogP contribution in [0.2, 0.25) is 0 Å². The van der Waals surface area contributed by atoms with Gasteiger partial charge in [0.05, 0.1) is 6.10 Å². The zero-order chi connectivity index (χ0) is 40.1. The zero-order valence-electron chi connectivity index (χ0n) is 31.9. The van der Waals surface area contributed by atoms with Crippen LogP contribution in [0.25, 0.3) is 10.9 Å². The molecular formula is C43H49N7O7. The van der Waals surface area contributed by atoms with Gasteiger partial charge in [-0.1, -0.05) is 78.9 Å². The molecule has 6 N–H and O–H groups in total. The van der Waals surface area contributed by atoms with E-state index < -0.39 is 71.9 Å². The Morgan fingerprint density at radius 1 is 0.596 bits per heavy atom. The molecule has 7 atom stereocenters. The van der Waals surface area contributed by atoms with Gasteiger partial charge in [-0.3, -0.25) is 28.8 Å². The van der Waals surface area contributed by atoms with Crippen molar-refractivity contribution in [3.63, 3.8) is 0 Å². The van der Waals surface area contributed by atoms with Gasteiger partial charge in [0.2, 0.25) is 35.4 Å². The number of aliphatic hydroxyl groups excluding tert-OH is 1. The van der Waals surface area contributed by atoms with E-state index in [0.717, 1.165) is 22.0 Å². The lowest BCUT2D eigenvalue weighted by molar-refractivity contribution is -0.148. The molecule has 3 aromatic carbocycles. The van der Waals surface area contributed by atoms with Gasteiger partial charge in [-0.2, -0.15) is 0 Å². The quantitative estimate of drug-likeness (QED) is 0.164. The fraction of sp³-hybridized carbons (Fsp3) is 0.395. The molecule has 3 aliphatic rings. The average Bonchev–Trinajstić information content (AvgIpc) is 4.00. The number of fused-ring (bicyclic) bond motifs is 3. The van der Waals surface area contributed by atoms with Gasteiger partial charge >= 0.3 is 0 Å². The predicted octanol–water partition coefficient (Wildman–Crippen LogP) is 1.51. The number of rotatable bonds is 7. The Balaban J connectivity index is 1.27. The van der Waals surface area contributed by atoms with E-state index in [1.807, 2.05) is 60.7 Å². The summed E-state index contributed by atoms with van der Waals surface area (Å²) in [4.78, 5) is 92.0. The smallest absolute Gasteiger partial charge is 0.246 e. The van der Waals surface area contributed by atoms with Crippen molar-refractivity contribution >= 4 is 46.3 Å². The Bertz CT molecular complexity index is 2110. The highest BCUT2D eigenvalue weighted by Gasteiger charge is 2.45. The van der Waals surface area contributed by atoms with Gasteiger partial charge < -0.3 is 41.2 Å². The number of carbonyl (C=O) groups is 6. The number of benzene rings is 3. The van der Waals surface area contributed by atoms with Gasteiger partial charge in [0.25, 0.3) is 0 Å². The third-order valence-electron chi connectivity index (χ3n) is 11.3. The van der Waals surface area contributed by atoms with Crippen molar-refractivity contribution in [3.05, 3.63) is 108 Å². The van der Waals surface area contributed by atoms with Crippen LogP contribution in [-0.4, -0.2) is 111 Å². The number of carbonyl (C=O) groups excluding carboxylic acids is 6. The second-order valence-electron chi connectivity index (χ2n) is 15.2. The fourth-order valence-electron chi connectivity index (χ4n) is 8.28. The molecule has 0 bridgehead atoms. The summed E-state index contributed by atoms with van der Waals surface area (Å²) in [5, 5.41) is 23.0. The third kappa shape index (κ3) is 8.86. The summed E-state index contributed by atoms with van der Waals surface area (Å²) in [6, 6.07) is 18.9. The molecule has 3 fully saturated rings. The summed E-state index contributed by atoms with van der Waals surface area (Å²) in [5.41, 5.74) is 3.07. The average molecular weight is 776 g/mol. The first-order chi connectivity index (χ1) is 27.6. The fourth-order valence-corrected chi connectivity index (χ4v) is 8.28. The molecule has 0 radical (unpaired) electrons. The highest BCUT2D eigenvalue weighted by molar-refractivity contribution is 5.99. The van der Waals surface area contributed by atoms with E-state index in [2.05, 4.69) is 26.3 Å². The van der Waals surface area contributed by atoms with Crippen LogP contribution in [0.5, 0.6) is 0 Å². The molecule has 4 heterocycles. The van der Waals surface area contributed by atoms with Gasteiger partial charge in [0, 0.05) is 49.5 Å².